The summed E-state index contributed by atoms with van der Waals surface area (Å²) < 4.78 is 22.5. The summed E-state index contributed by atoms with van der Waals surface area (Å²) in [5, 5.41) is 108. The maximum absolute atomic E-state index is 13.3. The third-order valence-electron chi connectivity index (χ3n) is 13.5. The van der Waals surface area contributed by atoms with Gasteiger partial charge < -0.3 is 75.3 Å². The summed E-state index contributed by atoms with van der Waals surface area (Å²) in [4.78, 5) is 13.3. The van der Waals surface area contributed by atoms with Gasteiger partial charge in [0, 0.05) is 0 Å². The molecule has 14 unspecified atom stereocenters. The van der Waals surface area contributed by atoms with Crippen molar-refractivity contribution in [1.82, 2.24) is 5.32 Å². The van der Waals surface area contributed by atoms with Gasteiger partial charge in [0.1, 0.15) is 61.0 Å². The molecule has 0 aromatic carbocycles. The molecule has 0 aliphatic carbocycles. The molecule has 16 heteroatoms. The Balaban J connectivity index is 1.86. The minimum atomic E-state index is -1.84. The van der Waals surface area contributed by atoms with E-state index in [0.29, 0.717) is 12.8 Å². The van der Waals surface area contributed by atoms with Crippen molar-refractivity contribution in [1.29, 1.82) is 0 Å². The number of aliphatic hydroxyl groups is 10. The Bertz CT molecular complexity index is 1160. The average Bonchev–Trinajstić information content (AvgIpc) is 3.31. The van der Waals surface area contributed by atoms with Crippen LogP contribution >= 0.6 is 0 Å². The minimum Gasteiger partial charge on any atom is -0.394 e. The van der Waals surface area contributed by atoms with Gasteiger partial charge in [0.25, 0.3) is 0 Å². The molecule has 0 aromatic rings. The van der Waals surface area contributed by atoms with Crippen LogP contribution in [-0.4, -0.2) is 163 Å². The van der Waals surface area contributed by atoms with Crippen molar-refractivity contribution in [2.24, 2.45) is 0 Å². The quantitative estimate of drug-likeness (QED) is 0.0363. The van der Waals surface area contributed by atoms with E-state index >= 15 is 0 Å². The van der Waals surface area contributed by atoms with Gasteiger partial charge in [-0.05, 0) is 12.8 Å². The first kappa shape index (κ1) is 61.0. The zero-order valence-corrected chi connectivity index (χ0v) is 40.9. The zero-order valence-electron chi connectivity index (χ0n) is 40.9. The summed E-state index contributed by atoms with van der Waals surface area (Å²) in [5.41, 5.74) is 0. The summed E-state index contributed by atoms with van der Waals surface area (Å²) >= 11 is 0. The molecule has 11 N–H and O–H groups in total. The third-order valence-corrected chi connectivity index (χ3v) is 13.5. The fraction of sp³-hybridized carbons (Fsp3) is 0.980. The third kappa shape index (κ3) is 24.2. The van der Waals surface area contributed by atoms with E-state index in [1.54, 1.807) is 0 Å². The van der Waals surface area contributed by atoms with E-state index in [-0.39, 0.29) is 12.8 Å². The highest BCUT2D eigenvalue weighted by atomic mass is 16.7. The second kappa shape index (κ2) is 37.7. The van der Waals surface area contributed by atoms with Gasteiger partial charge in [0.15, 0.2) is 12.6 Å². The van der Waals surface area contributed by atoms with E-state index in [2.05, 4.69) is 19.2 Å². The first-order valence-electron chi connectivity index (χ1n) is 26.5. The van der Waals surface area contributed by atoms with Crippen molar-refractivity contribution < 1.29 is 74.8 Å². The number of nitrogens with one attached hydrogen (secondary N) is 1. The summed E-state index contributed by atoms with van der Waals surface area (Å²) in [5.74, 6) is -0.757. The lowest BCUT2D eigenvalue weighted by atomic mass is 9.97. The molecule has 0 radical (unpaired) electrons. The molecule has 16 nitrogen and oxygen atoms in total. The molecule has 0 saturated carbocycles. The fourth-order valence-electron chi connectivity index (χ4n) is 9.05. The SMILES string of the molecule is CCCCCCCCCCCCCCCCCCCCC(O)C(=O)NC(COC1OC(CO)C(OC2OC(CO)C(O)C(O)C2O)C(O)C1O)C(O)C(O)CCCCCCCCCCCC. The molecule has 2 rings (SSSR count). The van der Waals surface area contributed by atoms with Gasteiger partial charge in [-0.2, -0.15) is 0 Å². The molecule has 2 fully saturated rings. The molecule has 14 atom stereocenters. The number of aliphatic hydroxyl groups excluding tert-OH is 10. The molecule has 392 valence electrons. The van der Waals surface area contributed by atoms with Crippen molar-refractivity contribution in [2.45, 2.75) is 292 Å². The Morgan fingerprint density at radius 3 is 1.33 bits per heavy atom. The second-order valence-corrected chi connectivity index (χ2v) is 19.3. The van der Waals surface area contributed by atoms with Crippen LogP contribution in [0.2, 0.25) is 0 Å². The van der Waals surface area contributed by atoms with Gasteiger partial charge in [0.05, 0.1) is 32.0 Å². The molecular formula is C50H97NO15. The van der Waals surface area contributed by atoms with Crippen LogP contribution in [0, 0.1) is 0 Å². The number of amides is 1. The van der Waals surface area contributed by atoms with Gasteiger partial charge in [-0.1, -0.05) is 194 Å². The maximum Gasteiger partial charge on any atom is 0.249 e. The number of unbranched alkanes of at least 4 members (excludes halogenated alkanes) is 26. The predicted molar refractivity (Wildman–Crippen MR) is 252 cm³/mol. The lowest BCUT2D eigenvalue weighted by molar-refractivity contribution is -0.359. The Kier molecular flexibility index (Phi) is 34.9. The number of carbonyl (C=O) groups is 1. The van der Waals surface area contributed by atoms with Crippen LogP contribution in [-0.2, 0) is 23.7 Å². The molecular weight excluding hydrogens is 855 g/mol. The van der Waals surface area contributed by atoms with E-state index in [1.807, 2.05) is 0 Å². The van der Waals surface area contributed by atoms with Crippen molar-refractivity contribution in [3.8, 4) is 0 Å². The number of rotatable bonds is 41. The van der Waals surface area contributed by atoms with Crippen LogP contribution in [0.5, 0.6) is 0 Å². The first-order valence-corrected chi connectivity index (χ1v) is 26.5. The molecule has 0 spiro atoms. The van der Waals surface area contributed by atoms with E-state index in [1.165, 1.54) is 122 Å². The highest BCUT2D eigenvalue weighted by molar-refractivity contribution is 5.80. The van der Waals surface area contributed by atoms with Gasteiger partial charge in [-0.25, -0.2) is 0 Å². The van der Waals surface area contributed by atoms with Gasteiger partial charge >= 0.3 is 0 Å². The molecule has 0 bridgehead atoms. The zero-order chi connectivity index (χ0) is 48.5. The smallest absolute Gasteiger partial charge is 0.249 e. The Morgan fingerprint density at radius 2 is 0.894 bits per heavy atom. The van der Waals surface area contributed by atoms with Crippen molar-refractivity contribution in [3.05, 3.63) is 0 Å². The van der Waals surface area contributed by atoms with Crippen LogP contribution in [0.3, 0.4) is 0 Å². The summed E-state index contributed by atoms with van der Waals surface area (Å²) in [6.45, 7) is 2.41. The number of ether oxygens (including phenoxy) is 4. The number of hydrogen-bond donors (Lipinski definition) is 11. The van der Waals surface area contributed by atoms with Gasteiger partial charge in [-0.3, -0.25) is 4.79 Å². The van der Waals surface area contributed by atoms with E-state index in [4.69, 9.17) is 18.9 Å². The van der Waals surface area contributed by atoms with Crippen LogP contribution in [0.15, 0.2) is 0 Å². The predicted octanol–water partition coefficient (Wildman–Crippen LogP) is 4.94. The molecule has 2 heterocycles. The average molecular weight is 952 g/mol. The van der Waals surface area contributed by atoms with E-state index in [9.17, 15) is 55.9 Å². The molecule has 2 saturated heterocycles. The van der Waals surface area contributed by atoms with Crippen LogP contribution < -0.4 is 5.32 Å². The largest absolute Gasteiger partial charge is 0.394 e. The van der Waals surface area contributed by atoms with Crippen LogP contribution in [0.25, 0.3) is 0 Å². The van der Waals surface area contributed by atoms with E-state index < -0.39 is 111 Å². The monoisotopic (exact) mass is 952 g/mol. The summed E-state index contributed by atoms with van der Waals surface area (Å²) in [6, 6.07) is -1.27. The molecule has 2 aliphatic rings. The Morgan fingerprint density at radius 1 is 0.500 bits per heavy atom. The topological polar surface area (TPSA) is 268 Å². The maximum atomic E-state index is 13.3. The molecule has 0 aromatic heterocycles. The highest BCUT2D eigenvalue weighted by Crippen LogP contribution is 2.30. The van der Waals surface area contributed by atoms with Crippen molar-refractivity contribution in [3.63, 3.8) is 0 Å². The van der Waals surface area contributed by atoms with Crippen molar-refractivity contribution >= 4 is 5.91 Å². The van der Waals surface area contributed by atoms with Gasteiger partial charge in [0.2, 0.25) is 5.91 Å². The molecule has 66 heavy (non-hydrogen) atoms. The fourth-order valence-corrected chi connectivity index (χ4v) is 9.05. The van der Waals surface area contributed by atoms with Crippen LogP contribution in [0.4, 0.5) is 0 Å². The molecule has 2 aliphatic heterocycles. The number of hydrogen-bond acceptors (Lipinski definition) is 15. The Labute approximate surface area is 397 Å². The lowest BCUT2D eigenvalue weighted by Crippen LogP contribution is -2.65. The summed E-state index contributed by atoms with van der Waals surface area (Å²) in [7, 11) is 0. The van der Waals surface area contributed by atoms with Crippen molar-refractivity contribution in [2.75, 3.05) is 19.8 Å². The van der Waals surface area contributed by atoms with Crippen LogP contribution in [0.1, 0.15) is 206 Å². The first-order chi connectivity index (χ1) is 31.9. The Hall–Kier alpha value is -1.09. The standard InChI is InChI=1S/C50H97NO15/c1-3-5-7-9-11-13-15-16-17-18-19-20-21-22-24-26-28-30-32-38(55)48(62)51-36(41(56)37(54)31-29-27-25-23-14-12-10-8-6-4-2)35-63-49-46(61)44(59)47(40(34-53)65-49)66-50-45(60)43(58)42(57)39(33-52)64-50/h36-47,49-50,52-61H,3-35H2,1-2H3,(H,51,62). The van der Waals surface area contributed by atoms with E-state index in [0.717, 1.165) is 44.9 Å². The molecule has 1 amide bonds. The second-order valence-electron chi connectivity index (χ2n) is 19.3. The van der Waals surface area contributed by atoms with Gasteiger partial charge in [-0.15, -0.1) is 0 Å². The summed E-state index contributed by atoms with van der Waals surface area (Å²) in [6.07, 6.45) is 12.7. The normalized spacial score (nSPS) is 27.7. The lowest BCUT2D eigenvalue weighted by Gasteiger charge is -2.46. The highest BCUT2D eigenvalue weighted by Gasteiger charge is 2.51. The number of carbonyl (C=O) groups excluding carboxylic acids is 1. The minimum absolute atomic E-state index is 0.208.